The maximum Gasteiger partial charge on any atom is 0.193 e. The summed E-state index contributed by atoms with van der Waals surface area (Å²) in [6.07, 6.45) is 6.28. The number of methoxy groups -OCH3 is 1. The second-order valence-electron chi connectivity index (χ2n) is 9.92. The van der Waals surface area contributed by atoms with Crippen LogP contribution in [0.5, 0.6) is 0 Å². The summed E-state index contributed by atoms with van der Waals surface area (Å²) in [6, 6.07) is 0. The zero-order chi connectivity index (χ0) is 20.1. The number of ether oxygens (including phenoxy) is 4. The molecule has 6 nitrogen and oxygen atoms in total. The molecule has 6 heteroatoms. The molecular weight excluding hydrogens is 360 g/mol. The van der Waals surface area contributed by atoms with E-state index >= 15 is 0 Å². The van der Waals surface area contributed by atoms with Crippen LogP contribution in [-0.2, 0) is 18.9 Å². The number of rotatable bonds is 3. The fourth-order valence-corrected chi connectivity index (χ4v) is 6.35. The van der Waals surface area contributed by atoms with Crippen molar-refractivity contribution in [1.82, 2.24) is 0 Å². The highest BCUT2D eigenvalue weighted by atomic mass is 16.8. The van der Waals surface area contributed by atoms with E-state index in [1.54, 1.807) is 14.0 Å². The van der Waals surface area contributed by atoms with Crippen molar-refractivity contribution in [3.63, 3.8) is 0 Å². The highest BCUT2D eigenvalue weighted by Crippen LogP contribution is 2.56. The van der Waals surface area contributed by atoms with Crippen molar-refractivity contribution in [2.45, 2.75) is 108 Å². The van der Waals surface area contributed by atoms with Gasteiger partial charge in [-0.25, -0.2) is 0 Å². The normalized spacial score (nSPS) is 54.6. The first kappa shape index (κ1) is 21.0. The van der Waals surface area contributed by atoms with Gasteiger partial charge < -0.3 is 29.2 Å². The highest BCUT2D eigenvalue weighted by Gasteiger charge is 2.63. The van der Waals surface area contributed by atoms with Crippen molar-refractivity contribution >= 4 is 0 Å². The Morgan fingerprint density at radius 1 is 0.929 bits per heavy atom. The minimum absolute atomic E-state index is 0.00184. The van der Waals surface area contributed by atoms with Gasteiger partial charge in [0, 0.05) is 25.4 Å². The average molecular weight is 399 g/mol. The quantitative estimate of drug-likeness (QED) is 0.760. The van der Waals surface area contributed by atoms with E-state index in [0.29, 0.717) is 12.3 Å². The molecule has 2 aliphatic carbocycles. The molecule has 2 aliphatic heterocycles. The van der Waals surface area contributed by atoms with E-state index in [1.807, 2.05) is 0 Å². The van der Waals surface area contributed by atoms with Crippen molar-refractivity contribution < 1.29 is 29.2 Å². The number of hydrogen-bond acceptors (Lipinski definition) is 6. The Morgan fingerprint density at radius 3 is 2.36 bits per heavy atom. The van der Waals surface area contributed by atoms with Crippen LogP contribution in [0.25, 0.3) is 0 Å². The molecule has 4 rings (SSSR count). The third-order valence-corrected chi connectivity index (χ3v) is 8.04. The van der Waals surface area contributed by atoms with Gasteiger partial charge in [-0.3, -0.25) is 0 Å². The molecule has 2 heterocycles. The molecule has 10 atom stereocenters. The van der Waals surface area contributed by atoms with E-state index in [1.165, 1.54) is 0 Å². The summed E-state index contributed by atoms with van der Waals surface area (Å²) < 4.78 is 24.4. The van der Waals surface area contributed by atoms with Crippen LogP contribution in [0.15, 0.2) is 0 Å². The summed E-state index contributed by atoms with van der Waals surface area (Å²) in [7, 11) is 1.75. The molecule has 2 saturated carbocycles. The van der Waals surface area contributed by atoms with Crippen LogP contribution in [0.2, 0.25) is 0 Å². The van der Waals surface area contributed by atoms with Gasteiger partial charge in [-0.15, -0.1) is 0 Å². The Balaban J connectivity index is 1.60. The van der Waals surface area contributed by atoms with Crippen molar-refractivity contribution in [2.75, 3.05) is 7.11 Å². The van der Waals surface area contributed by atoms with Gasteiger partial charge in [-0.2, -0.15) is 0 Å². The largest absolute Gasteiger partial charge is 0.384 e. The Bertz CT molecular complexity index is 553. The molecule has 2 N–H and O–H groups in total. The zero-order valence-corrected chi connectivity index (χ0v) is 17.8. The molecule has 0 aromatic rings. The van der Waals surface area contributed by atoms with E-state index in [9.17, 15) is 10.2 Å². The van der Waals surface area contributed by atoms with Crippen LogP contribution in [0, 0.1) is 23.7 Å². The lowest BCUT2D eigenvalue weighted by molar-refractivity contribution is -0.414. The molecule has 0 aromatic heterocycles. The maximum atomic E-state index is 11.9. The zero-order valence-electron chi connectivity index (χ0n) is 17.8. The van der Waals surface area contributed by atoms with E-state index in [0.717, 1.165) is 44.9 Å². The van der Waals surface area contributed by atoms with E-state index in [4.69, 9.17) is 18.9 Å². The monoisotopic (exact) mass is 398 g/mol. The Hall–Kier alpha value is -0.240. The van der Waals surface area contributed by atoms with Crippen LogP contribution in [0.4, 0.5) is 0 Å². The maximum absolute atomic E-state index is 11.9. The smallest absolute Gasteiger partial charge is 0.193 e. The summed E-state index contributed by atoms with van der Waals surface area (Å²) in [5, 5.41) is 22.6. The van der Waals surface area contributed by atoms with Crippen molar-refractivity contribution in [2.24, 2.45) is 23.7 Å². The second-order valence-corrected chi connectivity index (χ2v) is 9.92. The van der Waals surface area contributed by atoms with Crippen LogP contribution in [-0.4, -0.2) is 53.5 Å². The summed E-state index contributed by atoms with van der Waals surface area (Å²) in [4.78, 5) is 0. The third-order valence-electron chi connectivity index (χ3n) is 8.04. The van der Waals surface area contributed by atoms with E-state index in [-0.39, 0.29) is 30.0 Å². The van der Waals surface area contributed by atoms with Gasteiger partial charge in [-0.1, -0.05) is 26.7 Å². The molecule has 0 bridgehead atoms. The van der Waals surface area contributed by atoms with Crippen LogP contribution < -0.4 is 0 Å². The summed E-state index contributed by atoms with van der Waals surface area (Å²) >= 11 is 0. The molecule has 162 valence electrons. The molecule has 0 spiro atoms. The molecular formula is C22H38O6. The molecule has 0 aromatic carbocycles. The lowest BCUT2D eigenvalue weighted by atomic mass is 9.58. The lowest BCUT2D eigenvalue weighted by Crippen LogP contribution is -2.67. The first-order chi connectivity index (χ1) is 13.3. The van der Waals surface area contributed by atoms with Gasteiger partial charge >= 0.3 is 0 Å². The van der Waals surface area contributed by atoms with Crippen LogP contribution >= 0.6 is 0 Å². The third kappa shape index (κ3) is 3.54. The first-order valence-electron chi connectivity index (χ1n) is 11.2. The summed E-state index contributed by atoms with van der Waals surface area (Å²) in [6.45, 7) is 6.01. The predicted octanol–water partition coefficient (Wildman–Crippen LogP) is 3.19. The first-order valence-corrected chi connectivity index (χ1v) is 11.2. The van der Waals surface area contributed by atoms with Gasteiger partial charge in [0.05, 0.1) is 12.2 Å². The molecule has 0 radical (unpaired) electrons. The van der Waals surface area contributed by atoms with Gasteiger partial charge in [0.2, 0.25) is 0 Å². The molecule has 28 heavy (non-hydrogen) atoms. The fraction of sp³-hybridized carbons (Fsp3) is 1.00. The number of aliphatic hydroxyl groups is 2. The Labute approximate surface area is 168 Å². The standard InChI is InChI=1S/C22H38O6/c1-13-9-10-16-14(2)19(26-18-8-6-5-7-17(18)25-4)27-20-22(16,24)15(13)11-12-21(3,23)28-20/h13-20,23-24H,5-12H2,1-4H3. The van der Waals surface area contributed by atoms with Crippen molar-refractivity contribution in [1.29, 1.82) is 0 Å². The minimum atomic E-state index is -1.30. The predicted molar refractivity (Wildman–Crippen MR) is 103 cm³/mol. The molecule has 4 aliphatic rings. The van der Waals surface area contributed by atoms with E-state index < -0.39 is 24.0 Å². The van der Waals surface area contributed by atoms with E-state index in [2.05, 4.69) is 13.8 Å². The fourth-order valence-electron chi connectivity index (χ4n) is 6.35. The Morgan fingerprint density at radius 2 is 1.64 bits per heavy atom. The van der Waals surface area contributed by atoms with Gasteiger partial charge in [0.25, 0.3) is 0 Å². The SMILES string of the molecule is COC1CCCCC1OC1OC2OC(C)(O)CCC3C(C)CCC(C1C)C23O. The summed E-state index contributed by atoms with van der Waals surface area (Å²) in [5.74, 6) is -0.758. The Kier molecular flexibility index (Phi) is 5.84. The van der Waals surface area contributed by atoms with Gasteiger partial charge in [0.15, 0.2) is 18.4 Å². The van der Waals surface area contributed by atoms with Gasteiger partial charge in [-0.05, 0) is 50.9 Å². The van der Waals surface area contributed by atoms with Crippen molar-refractivity contribution in [3.05, 3.63) is 0 Å². The van der Waals surface area contributed by atoms with Crippen LogP contribution in [0.3, 0.4) is 0 Å². The second kappa shape index (κ2) is 7.78. The molecule has 4 fully saturated rings. The minimum Gasteiger partial charge on any atom is -0.384 e. The average Bonchev–Trinajstić information content (AvgIpc) is 2.75. The molecule has 10 unspecified atom stereocenters. The van der Waals surface area contributed by atoms with Gasteiger partial charge in [0.1, 0.15) is 5.60 Å². The lowest BCUT2D eigenvalue weighted by Gasteiger charge is -2.57. The van der Waals surface area contributed by atoms with Crippen molar-refractivity contribution in [3.8, 4) is 0 Å². The highest BCUT2D eigenvalue weighted by molar-refractivity contribution is 5.07. The summed E-state index contributed by atoms with van der Waals surface area (Å²) in [5.41, 5.74) is -1.08. The molecule has 0 amide bonds. The molecule has 2 saturated heterocycles. The topological polar surface area (TPSA) is 77.4 Å². The number of hydrogen-bond donors (Lipinski definition) is 2. The van der Waals surface area contributed by atoms with Crippen LogP contribution in [0.1, 0.15) is 72.1 Å².